The van der Waals surface area contributed by atoms with Gasteiger partial charge in [-0.1, -0.05) is 25.1 Å². The van der Waals surface area contributed by atoms with Crippen LogP contribution in [0.5, 0.6) is 17.2 Å². The van der Waals surface area contributed by atoms with E-state index in [2.05, 4.69) is 23.3 Å². The smallest absolute Gasteiger partial charge is 0.222 e. The van der Waals surface area contributed by atoms with Crippen LogP contribution in [0.3, 0.4) is 0 Å². The third kappa shape index (κ3) is 7.63. The molecule has 0 bridgehead atoms. The zero-order valence-electron chi connectivity index (χ0n) is 34.9. The Balaban J connectivity index is 1.11. The van der Waals surface area contributed by atoms with E-state index in [1.165, 1.54) is 36.4 Å². The van der Waals surface area contributed by atoms with Crippen LogP contribution in [0.25, 0.3) is 21.7 Å². The maximum atomic E-state index is 13.7. The number of aliphatic imine (C=N–C) groups is 1. The number of fused-ring (bicyclic) bond motifs is 4. The minimum atomic E-state index is -2.41. The molecule has 1 spiro atoms. The molecule has 9 N–H and O–H groups in total. The van der Waals surface area contributed by atoms with Crippen molar-refractivity contribution in [1.29, 1.82) is 0 Å². The fourth-order valence-corrected chi connectivity index (χ4v) is 10.2. The maximum absolute atomic E-state index is 13.7. The average Bonchev–Trinajstić information content (AvgIpc) is 4.00. The predicted octanol–water partition coefficient (Wildman–Crippen LogP) is 1.97. The zero-order chi connectivity index (χ0) is 44.4. The quantitative estimate of drug-likeness (QED) is 0.0531. The molecule has 16 heteroatoms. The van der Waals surface area contributed by atoms with Crippen molar-refractivity contribution in [2.45, 2.75) is 94.0 Å². The summed E-state index contributed by atoms with van der Waals surface area (Å²) in [6, 6.07) is 10.3. The van der Waals surface area contributed by atoms with Gasteiger partial charge in [0.05, 0.1) is 12.0 Å². The van der Waals surface area contributed by atoms with Crippen LogP contribution >= 0.6 is 0 Å². The van der Waals surface area contributed by atoms with E-state index in [9.17, 15) is 45.3 Å². The molecule has 9 rings (SSSR count). The van der Waals surface area contributed by atoms with E-state index in [0.29, 0.717) is 75.9 Å². The summed E-state index contributed by atoms with van der Waals surface area (Å²) >= 11 is 0. The highest BCUT2D eigenvalue weighted by Gasteiger charge is 2.53. The lowest BCUT2D eigenvalue weighted by atomic mass is 9.71. The van der Waals surface area contributed by atoms with Gasteiger partial charge in [0.15, 0.2) is 11.2 Å². The normalized spacial score (nSPS) is 27.4. The predicted molar refractivity (Wildman–Crippen MR) is 228 cm³/mol. The second kappa shape index (κ2) is 16.6. The molecule has 0 saturated carbocycles. The summed E-state index contributed by atoms with van der Waals surface area (Å²) in [5.41, 5.74) is 0.135. The molecule has 1 fully saturated rings. The Hall–Kier alpha value is -5.43. The molecule has 10 atom stereocenters. The van der Waals surface area contributed by atoms with Crippen molar-refractivity contribution < 1.29 is 64.4 Å². The first-order valence-electron chi connectivity index (χ1n) is 21.4. The van der Waals surface area contributed by atoms with Crippen molar-refractivity contribution in [3.8, 4) is 17.2 Å². The average molecular weight is 867 g/mol. The molecule has 3 aromatic carbocycles. The molecule has 4 aliphatic heterocycles. The first kappa shape index (κ1) is 42.9. The summed E-state index contributed by atoms with van der Waals surface area (Å²) in [5, 5.41) is 79.7. The lowest BCUT2D eigenvalue weighted by Gasteiger charge is -2.47. The molecule has 5 heterocycles. The van der Waals surface area contributed by atoms with Crippen molar-refractivity contribution in [3.63, 3.8) is 0 Å². The van der Waals surface area contributed by atoms with Gasteiger partial charge in [0.1, 0.15) is 77.4 Å². The van der Waals surface area contributed by atoms with Crippen LogP contribution in [-0.4, -0.2) is 109 Å². The standard InChI is InChI=1S/C47H51N3O13/c1-3-35-31-10-12-48-34(31)21-50(35)41-43-27(14-33-37(54)13-24(2)61-44(33)41)15-39(47(62-43)11-4-5-25(19-47)28-16-40(56)49-20-28)63-60-23-46(59,45(58)42(57)38(55)22-51)18-26-6-9-36(53)30-8-7-29(52)17-32(26)30/h4-10,12-14,17,21,25,28,35,38-39,42,45,51-53,55,57-59H,3,11,15-16,18-20,22-23H2,1-2H3,(H,49,56)/p+1. The van der Waals surface area contributed by atoms with Crippen LogP contribution in [0, 0.1) is 18.8 Å². The topological polar surface area (TPSA) is 245 Å². The van der Waals surface area contributed by atoms with Gasteiger partial charge in [-0.3, -0.25) is 19.5 Å². The monoisotopic (exact) mass is 866 g/mol. The van der Waals surface area contributed by atoms with Crippen molar-refractivity contribution in [1.82, 2.24) is 5.32 Å². The third-order valence-corrected chi connectivity index (χ3v) is 13.5. The lowest BCUT2D eigenvalue weighted by Crippen LogP contribution is -3.05. The number of phenolic OH excluding ortho intramolecular Hbond substituents is 2. The second-order valence-electron chi connectivity index (χ2n) is 17.6. The summed E-state index contributed by atoms with van der Waals surface area (Å²) in [6.07, 6.45) is 4.53. The van der Waals surface area contributed by atoms with Crippen molar-refractivity contribution in [3.05, 3.63) is 105 Å². The van der Waals surface area contributed by atoms with E-state index in [1.54, 1.807) is 19.2 Å². The SMILES string of the molecule is CCC1C2=CC=NC2=C[NH+]1c1c2c(cc3c(=O)cc(C)oc13)CC(OOCC(O)(Cc1ccc(O)c3ccc(O)cc13)C(O)C(O)C(O)CO)C1(CC=CC(C3CNC(=O)C3)C1)O2. The molecule has 4 aromatic rings. The van der Waals surface area contributed by atoms with E-state index in [1.807, 2.05) is 18.4 Å². The zero-order valence-corrected chi connectivity index (χ0v) is 34.9. The van der Waals surface area contributed by atoms with E-state index in [4.69, 9.17) is 18.9 Å². The molecular formula is C47H52N3O13+. The van der Waals surface area contributed by atoms with Crippen LogP contribution < -0.4 is 20.4 Å². The van der Waals surface area contributed by atoms with E-state index in [-0.39, 0.29) is 47.1 Å². The minimum absolute atomic E-state index is 0.0314. The van der Waals surface area contributed by atoms with Gasteiger partial charge in [-0.15, -0.1) is 0 Å². The van der Waals surface area contributed by atoms with Crippen LogP contribution in [-0.2, 0) is 27.4 Å². The molecule has 16 nitrogen and oxygen atoms in total. The highest BCUT2D eigenvalue weighted by Crippen LogP contribution is 2.49. The van der Waals surface area contributed by atoms with Gasteiger partial charge in [-0.05, 0) is 72.5 Å². The van der Waals surface area contributed by atoms with Gasteiger partial charge in [0.25, 0.3) is 0 Å². The van der Waals surface area contributed by atoms with E-state index < -0.39 is 55.3 Å². The van der Waals surface area contributed by atoms with E-state index >= 15 is 0 Å². The number of carbonyl (C=O) groups excluding carboxylic acids is 1. The number of quaternary nitrogens is 1. The van der Waals surface area contributed by atoms with Crippen LogP contribution in [0.4, 0.5) is 5.69 Å². The molecule has 63 heavy (non-hydrogen) atoms. The molecule has 1 aliphatic carbocycles. The molecule has 0 radical (unpaired) electrons. The van der Waals surface area contributed by atoms with Gasteiger partial charge in [-0.25, -0.2) is 9.78 Å². The van der Waals surface area contributed by atoms with Gasteiger partial charge >= 0.3 is 0 Å². The molecular weight excluding hydrogens is 815 g/mol. The lowest BCUT2D eigenvalue weighted by molar-refractivity contribution is -0.793. The van der Waals surface area contributed by atoms with Gasteiger partial charge in [0, 0.05) is 67.5 Å². The fraction of sp³-hybridized carbons (Fsp3) is 0.426. The molecule has 5 aliphatic rings. The Labute approximate surface area is 361 Å². The molecule has 332 valence electrons. The highest BCUT2D eigenvalue weighted by molar-refractivity contribution is 5.92. The first-order chi connectivity index (χ1) is 30.2. The molecule has 1 aromatic heterocycles. The number of amides is 1. The number of aliphatic hydroxyl groups is 5. The Morgan fingerprint density at radius 1 is 1.06 bits per heavy atom. The largest absolute Gasteiger partial charge is 0.508 e. The van der Waals surface area contributed by atoms with Crippen LogP contribution in [0.1, 0.15) is 49.5 Å². The number of hydrogen-bond acceptors (Lipinski definition) is 14. The van der Waals surface area contributed by atoms with Gasteiger partial charge in [0.2, 0.25) is 17.2 Å². The van der Waals surface area contributed by atoms with Crippen LogP contribution in [0.2, 0.25) is 0 Å². The first-order valence-corrected chi connectivity index (χ1v) is 21.4. The highest BCUT2D eigenvalue weighted by atomic mass is 17.2. The summed E-state index contributed by atoms with van der Waals surface area (Å²) in [6.45, 7) is 2.60. The third-order valence-electron chi connectivity index (χ3n) is 13.5. The number of aryl methyl sites for hydroxylation is 1. The fourth-order valence-electron chi connectivity index (χ4n) is 10.2. The Bertz CT molecular complexity index is 2660. The number of phenols is 2. The number of aromatic hydroxyl groups is 2. The Morgan fingerprint density at radius 3 is 2.65 bits per heavy atom. The summed E-state index contributed by atoms with van der Waals surface area (Å²) in [7, 11) is 0. The number of rotatable bonds is 13. The van der Waals surface area contributed by atoms with Crippen molar-refractivity contribution in [2.75, 3.05) is 19.8 Å². The Kier molecular flexibility index (Phi) is 11.3. The number of aliphatic hydroxyl groups excluding tert-OH is 4. The maximum Gasteiger partial charge on any atom is 0.222 e. The Morgan fingerprint density at radius 2 is 1.89 bits per heavy atom. The number of ether oxygens (including phenoxy) is 1. The molecule has 10 unspecified atom stereocenters. The number of benzene rings is 3. The van der Waals surface area contributed by atoms with Gasteiger partial charge < -0.3 is 50.2 Å². The molecule has 1 amide bonds. The summed E-state index contributed by atoms with van der Waals surface area (Å²) in [5.74, 6) is 0.546. The second-order valence-corrected chi connectivity index (χ2v) is 17.6. The van der Waals surface area contributed by atoms with Crippen molar-refractivity contribution in [2.24, 2.45) is 16.8 Å². The summed E-state index contributed by atoms with van der Waals surface area (Å²) in [4.78, 5) is 44.0. The number of allylic oxidation sites excluding steroid dienone is 2. The molecule has 1 saturated heterocycles. The summed E-state index contributed by atoms with van der Waals surface area (Å²) < 4.78 is 13.7. The minimum Gasteiger partial charge on any atom is -0.508 e. The number of nitrogens with zero attached hydrogens (tertiary/aromatic N) is 1. The van der Waals surface area contributed by atoms with Crippen LogP contribution in [0.15, 0.2) is 92.4 Å². The number of hydrogen-bond donors (Lipinski definition) is 9. The number of nitrogens with one attached hydrogen (secondary N) is 2. The van der Waals surface area contributed by atoms with E-state index in [0.717, 1.165) is 22.6 Å². The number of carbonyl (C=O) groups is 1. The van der Waals surface area contributed by atoms with Crippen molar-refractivity contribution >= 4 is 39.6 Å². The van der Waals surface area contributed by atoms with Gasteiger partial charge in [-0.2, -0.15) is 0 Å².